The monoisotopic (exact) mass is 487 g/mol. The number of anilines is 1. The number of amides is 1. The van der Waals surface area contributed by atoms with Gasteiger partial charge in [0.1, 0.15) is 5.76 Å². The van der Waals surface area contributed by atoms with Gasteiger partial charge < -0.3 is 5.11 Å². The Bertz CT molecular complexity index is 1360. The first kappa shape index (κ1) is 24.7. The highest BCUT2D eigenvalue weighted by molar-refractivity contribution is 6.51. The molecule has 1 saturated heterocycles. The molecule has 1 fully saturated rings. The average molecular weight is 488 g/mol. The summed E-state index contributed by atoms with van der Waals surface area (Å²) in [6.45, 7) is 12.2. The van der Waals surface area contributed by atoms with E-state index in [0.717, 1.165) is 27.8 Å². The Kier molecular flexibility index (Phi) is 6.37. The second-order valence-electron chi connectivity index (χ2n) is 10.3. The van der Waals surface area contributed by atoms with Crippen LogP contribution < -0.4 is 4.90 Å². The maximum Gasteiger partial charge on any atom is 0.300 e. The fourth-order valence-corrected chi connectivity index (χ4v) is 4.72. The molecule has 0 spiro atoms. The quantitative estimate of drug-likeness (QED) is 0.241. The van der Waals surface area contributed by atoms with Crippen molar-refractivity contribution in [1.82, 2.24) is 0 Å². The minimum atomic E-state index is -0.773. The molecule has 1 N–H and O–H groups in total. The molecule has 4 rings (SSSR count). The standard InChI is InChI=1S/C30H30ClNO3/c1-17-7-8-21(15-18(17)2)27(33)25-26(20-9-11-22(12-10-20)30(4,5)6)32(29(35)28(25)34)24-14-13-23(31)16-19(24)3/h7-16,26,33H,1-6H3/b27-25+. The Hall–Kier alpha value is -3.37. The number of carbonyl (C=O) groups excluding carboxylic acids is 2. The molecule has 180 valence electrons. The second-order valence-corrected chi connectivity index (χ2v) is 10.7. The van der Waals surface area contributed by atoms with E-state index in [4.69, 9.17) is 11.6 Å². The molecule has 3 aromatic rings. The number of aliphatic hydroxyl groups excluding tert-OH is 1. The molecule has 0 radical (unpaired) electrons. The third-order valence-electron chi connectivity index (χ3n) is 6.74. The Morgan fingerprint density at radius 2 is 1.51 bits per heavy atom. The summed E-state index contributed by atoms with van der Waals surface area (Å²) in [4.78, 5) is 28.3. The Balaban J connectivity index is 1.96. The van der Waals surface area contributed by atoms with Crippen molar-refractivity contribution in [3.63, 3.8) is 0 Å². The average Bonchev–Trinajstić information content (AvgIpc) is 3.05. The summed E-state index contributed by atoms with van der Waals surface area (Å²) in [7, 11) is 0. The number of benzene rings is 3. The highest BCUT2D eigenvalue weighted by atomic mass is 35.5. The number of hydrogen-bond acceptors (Lipinski definition) is 3. The van der Waals surface area contributed by atoms with Crippen LogP contribution in [0, 0.1) is 20.8 Å². The molecule has 0 bridgehead atoms. The molecular formula is C30H30ClNO3. The van der Waals surface area contributed by atoms with E-state index in [-0.39, 0.29) is 16.7 Å². The third-order valence-corrected chi connectivity index (χ3v) is 6.97. The number of halogens is 1. The van der Waals surface area contributed by atoms with E-state index in [0.29, 0.717) is 16.3 Å². The van der Waals surface area contributed by atoms with Gasteiger partial charge in [0, 0.05) is 16.3 Å². The summed E-state index contributed by atoms with van der Waals surface area (Å²) >= 11 is 6.17. The van der Waals surface area contributed by atoms with E-state index in [1.54, 1.807) is 24.3 Å². The maximum atomic E-state index is 13.4. The predicted molar refractivity (Wildman–Crippen MR) is 142 cm³/mol. The molecule has 5 heteroatoms. The highest BCUT2D eigenvalue weighted by Crippen LogP contribution is 2.44. The van der Waals surface area contributed by atoms with Crippen LogP contribution in [0.4, 0.5) is 5.69 Å². The second kappa shape index (κ2) is 9.01. The van der Waals surface area contributed by atoms with Crippen LogP contribution in [0.2, 0.25) is 5.02 Å². The number of hydrogen-bond donors (Lipinski definition) is 1. The Labute approximate surface area is 211 Å². The molecule has 3 aromatic carbocycles. The van der Waals surface area contributed by atoms with Crippen LogP contribution in [-0.4, -0.2) is 16.8 Å². The number of carbonyl (C=O) groups is 2. The maximum absolute atomic E-state index is 13.4. The normalized spacial score (nSPS) is 17.8. The van der Waals surface area contributed by atoms with Gasteiger partial charge in [-0.15, -0.1) is 0 Å². The van der Waals surface area contributed by atoms with Gasteiger partial charge >= 0.3 is 0 Å². The van der Waals surface area contributed by atoms with Crippen LogP contribution in [0.1, 0.15) is 60.2 Å². The van der Waals surface area contributed by atoms with Gasteiger partial charge in [-0.3, -0.25) is 14.5 Å². The fraction of sp³-hybridized carbons (Fsp3) is 0.267. The highest BCUT2D eigenvalue weighted by Gasteiger charge is 2.47. The lowest BCUT2D eigenvalue weighted by Crippen LogP contribution is -2.30. The molecule has 0 aliphatic carbocycles. The van der Waals surface area contributed by atoms with Crippen LogP contribution in [0.25, 0.3) is 5.76 Å². The van der Waals surface area contributed by atoms with Gasteiger partial charge in [-0.2, -0.15) is 0 Å². The largest absolute Gasteiger partial charge is 0.507 e. The SMILES string of the molecule is Cc1ccc(/C(O)=C2\C(=O)C(=O)N(c3ccc(Cl)cc3C)C2c2ccc(C(C)(C)C)cc2)cc1C. The molecule has 0 saturated carbocycles. The fourth-order valence-electron chi connectivity index (χ4n) is 4.50. The minimum Gasteiger partial charge on any atom is -0.507 e. The lowest BCUT2D eigenvalue weighted by Gasteiger charge is -2.28. The zero-order chi connectivity index (χ0) is 25.7. The first-order valence-electron chi connectivity index (χ1n) is 11.7. The van der Waals surface area contributed by atoms with Crippen LogP contribution >= 0.6 is 11.6 Å². The molecule has 1 aliphatic heterocycles. The molecule has 35 heavy (non-hydrogen) atoms. The van der Waals surface area contributed by atoms with Gasteiger partial charge in [0.05, 0.1) is 11.6 Å². The summed E-state index contributed by atoms with van der Waals surface area (Å²) in [6, 6.07) is 17.8. The van der Waals surface area contributed by atoms with Crippen LogP contribution in [0.15, 0.2) is 66.2 Å². The minimum absolute atomic E-state index is 0.0491. The Morgan fingerprint density at radius 1 is 0.857 bits per heavy atom. The topological polar surface area (TPSA) is 57.6 Å². The number of rotatable bonds is 3. The van der Waals surface area contributed by atoms with Crippen molar-refractivity contribution in [3.8, 4) is 0 Å². The van der Waals surface area contributed by atoms with Gasteiger partial charge in [-0.25, -0.2) is 0 Å². The van der Waals surface area contributed by atoms with Crippen molar-refractivity contribution in [3.05, 3.63) is 105 Å². The van der Waals surface area contributed by atoms with E-state index in [1.807, 2.05) is 57.2 Å². The van der Waals surface area contributed by atoms with Crippen LogP contribution in [-0.2, 0) is 15.0 Å². The molecule has 0 aromatic heterocycles. The summed E-state index contributed by atoms with van der Waals surface area (Å²) in [5.74, 6) is -1.56. The van der Waals surface area contributed by atoms with Gasteiger partial charge in [-0.1, -0.05) is 68.8 Å². The van der Waals surface area contributed by atoms with Crippen molar-refractivity contribution in [2.75, 3.05) is 4.90 Å². The van der Waals surface area contributed by atoms with E-state index < -0.39 is 17.7 Å². The molecule has 1 atom stereocenters. The van der Waals surface area contributed by atoms with Crippen molar-refractivity contribution < 1.29 is 14.7 Å². The van der Waals surface area contributed by atoms with Crippen LogP contribution in [0.5, 0.6) is 0 Å². The van der Waals surface area contributed by atoms with Gasteiger partial charge in [0.25, 0.3) is 11.7 Å². The molecule has 1 heterocycles. The number of aliphatic hydroxyl groups is 1. The summed E-state index contributed by atoms with van der Waals surface area (Å²) in [6.07, 6.45) is 0. The number of ketones is 1. The molecule has 1 unspecified atom stereocenters. The first-order chi connectivity index (χ1) is 16.4. The van der Waals surface area contributed by atoms with E-state index >= 15 is 0 Å². The zero-order valence-electron chi connectivity index (χ0n) is 20.9. The Morgan fingerprint density at radius 3 is 2.09 bits per heavy atom. The van der Waals surface area contributed by atoms with E-state index in [9.17, 15) is 14.7 Å². The van der Waals surface area contributed by atoms with Crippen LogP contribution in [0.3, 0.4) is 0 Å². The summed E-state index contributed by atoms with van der Waals surface area (Å²) in [5.41, 5.74) is 5.84. The van der Waals surface area contributed by atoms with E-state index in [2.05, 4.69) is 20.8 Å². The van der Waals surface area contributed by atoms with Crippen molar-refractivity contribution in [2.24, 2.45) is 0 Å². The van der Waals surface area contributed by atoms with E-state index in [1.165, 1.54) is 4.90 Å². The van der Waals surface area contributed by atoms with Crippen molar-refractivity contribution >= 4 is 34.7 Å². The summed E-state index contributed by atoms with van der Waals surface area (Å²) < 4.78 is 0. The number of Topliss-reactive ketones (excluding diaryl/α,β-unsaturated/α-hetero) is 1. The number of nitrogens with zero attached hydrogens (tertiary/aromatic N) is 1. The lowest BCUT2D eigenvalue weighted by atomic mass is 9.85. The van der Waals surface area contributed by atoms with Crippen molar-refractivity contribution in [1.29, 1.82) is 0 Å². The zero-order valence-corrected chi connectivity index (χ0v) is 21.7. The third kappa shape index (κ3) is 4.51. The lowest BCUT2D eigenvalue weighted by molar-refractivity contribution is -0.132. The van der Waals surface area contributed by atoms with Crippen molar-refractivity contribution in [2.45, 2.75) is 53.0 Å². The van der Waals surface area contributed by atoms with Gasteiger partial charge in [0.2, 0.25) is 0 Å². The molecule has 4 nitrogen and oxygen atoms in total. The molecule has 1 amide bonds. The van der Waals surface area contributed by atoms with Gasteiger partial charge in [0.15, 0.2) is 0 Å². The number of aryl methyl sites for hydroxylation is 3. The molecular weight excluding hydrogens is 458 g/mol. The van der Waals surface area contributed by atoms with Gasteiger partial charge in [-0.05, 0) is 78.3 Å². The smallest absolute Gasteiger partial charge is 0.300 e. The molecule has 1 aliphatic rings. The summed E-state index contributed by atoms with van der Waals surface area (Å²) in [5, 5.41) is 11.9. The first-order valence-corrected chi connectivity index (χ1v) is 12.0. The predicted octanol–water partition coefficient (Wildman–Crippen LogP) is 7.19.